The standard InChI is InChI=1S/C25H17NO5/c1-13-10-14(8-9-26-13)22-17-5-3-2-4-16(17)19(25(29)30)12-20-23(28)18-7-6-15(27)11-21(18)31-24(20)22/h2-12,22,27H,1H3,(H,29,30). The molecule has 0 aliphatic heterocycles. The Bertz CT molecular complexity index is 1460. The van der Waals surface area contributed by atoms with Crippen molar-refractivity contribution in [3.05, 3.63) is 105 Å². The summed E-state index contributed by atoms with van der Waals surface area (Å²) in [7, 11) is 0. The predicted molar refractivity (Wildman–Crippen MR) is 116 cm³/mol. The van der Waals surface area contributed by atoms with Gasteiger partial charge in [0.2, 0.25) is 0 Å². The van der Waals surface area contributed by atoms with Gasteiger partial charge in [-0.05, 0) is 54.0 Å². The summed E-state index contributed by atoms with van der Waals surface area (Å²) in [6.45, 7) is 1.86. The summed E-state index contributed by atoms with van der Waals surface area (Å²) in [4.78, 5) is 29.8. The maximum atomic E-state index is 13.4. The highest BCUT2D eigenvalue weighted by Crippen LogP contribution is 2.42. The minimum Gasteiger partial charge on any atom is -0.508 e. The molecule has 152 valence electrons. The topological polar surface area (TPSA) is 101 Å². The second-order valence-corrected chi connectivity index (χ2v) is 7.50. The number of benzene rings is 2. The highest BCUT2D eigenvalue weighted by atomic mass is 16.4. The molecule has 6 heteroatoms. The van der Waals surface area contributed by atoms with Crippen LogP contribution >= 0.6 is 0 Å². The Morgan fingerprint density at radius 1 is 1.10 bits per heavy atom. The third kappa shape index (κ3) is 3.00. The van der Waals surface area contributed by atoms with Crippen molar-refractivity contribution in [2.75, 3.05) is 0 Å². The Kier molecular flexibility index (Phi) is 4.22. The molecule has 0 radical (unpaired) electrons. The van der Waals surface area contributed by atoms with Crippen LogP contribution in [0, 0.1) is 6.92 Å². The number of nitrogens with zero attached hydrogens (tertiary/aromatic N) is 1. The van der Waals surface area contributed by atoms with Gasteiger partial charge in [0.1, 0.15) is 17.1 Å². The zero-order chi connectivity index (χ0) is 21.7. The van der Waals surface area contributed by atoms with E-state index in [2.05, 4.69) is 4.98 Å². The fourth-order valence-corrected chi connectivity index (χ4v) is 4.18. The van der Waals surface area contributed by atoms with Gasteiger partial charge in [-0.15, -0.1) is 0 Å². The molecule has 0 bridgehead atoms. The van der Waals surface area contributed by atoms with Crippen molar-refractivity contribution in [1.82, 2.24) is 4.98 Å². The molecule has 6 nitrogen and oxygen atoms in total. The molecule has 0 spiro atoms. The van der Waals surface area contributed by atoms with Gasteiger partial charge in [-0.25, -0.2) is 4.79 Å². The maximum absolute atomic E-state index is 13.4. The van der Waals surface area contributed by atoms with Gasteiger partial charge in [-0.3, -0.25) is 9.78 Å². The Labute approximate surface area is 176 Å². The minimum absolute atomic E-state index is 0.0237. The molecule has 0 saturated heterocycles. The van der Waals surface area contributed by atoms with Crippen LogP contribution in [0.5, 0.6) is 5.75 Å². The Morgan fingerprint density at radius 2 is 1.90 bits per heavy atom. The molecule has 1 aliphatic carbocycles. The fourth-order valence-electron chi connectivity index (χ4n) is 4.18. The molecule has 2 aromatic carbocycles. The van der Waals surface area contributed by atoms with Gasteiger partial charge in [0.05, 0.1) is 22.4 Å². The molecule has 4 aromatic rings. The zero-order valence-electron chi connectivity index (χ0n) is 16.5. The quantitative estimate of drug-likeness (QED) is 0.509. The summed E-state index contributed by atoms with van der Waals surface area (Å²) in [6.07, 6.45) is 3.07. The molecule has 31 heavy (non-hydrogen) atoms. The lowest BCUT2D eigenvalue weighted by molar-refractivity contribution is -0.130. The predicted octanol–water partition coefficient (Wildman–Crippen LogP) is 4.32. The van der Waals surface area contributed by atoms with Crippen LogP contribution in [0.2, 0.25) is 0 Å². The number of carbonyl (C=O) groups is 1. The van der Waals surface area contributed by atoms with Gasteiger partial charge in [0, 0.05) is 18.0 Å². The van der Waals surface area contributed by atoms with Gasteiger partial charge in [-0.1, -0.05) is 24.3 Å². The molecule has 2 N–H and O–H groups in total. The van der Waals surface area contributed by atoms with E-state index in [1.807, 2.05) is 31.2 Å². The number of aromatic nitrogens is 1. The van der Waals surface area contributed by atoms with Crippen molar-refractivity contribution >= 4 is 28.6 Å². The molecule has 2 heterocycles. The third-order valence-corrected chi connectivity index (χ3v) is 5.54. The summed E-state index contributed by atoms with van der Waals surface area (Å²) in [6, 6.07) is 15.2. The summed E-state index contributed by atoms with van der Waals surface area (Å²) in [5, 5.41) is 20.1. The second-order valence-electron chi connectivity index (χ2n) is 7.50. The molecule has 1 aliphatic rings. The number of aryl methyl sites for hydroxylation is 1. The minimum atomic E-state index is -1.13. The van der Waals surface area contributed by atoms with E-state index in [0.29, 0.717) is 16.9 Å². The van der Waals surface area contributed by atoms with Gasteiger partial charge >= 0.3 is 5.97 Å². The summed E-state index contributed by atoms with van der Waals surface area (Å²) in [5.74, 6) is -1.35. The number of phenolic OH excluding ortho intramolecular Hbond substituents is 1. The number of hydrogen-bond donors (Lipinski definition) is 2. The van der Waals surface area contributed by atoms with E-state index in [4.69, 9.17) is 4.42 Å². The van der Waals surface area contributed by atoms with Crippen LogP contribution in [0.15, 0.2) is 70.0 Å². The molecule has 0 saturated carbocycles. The molecular weight excluding hydrogens is 394 g/mol. The number of aliphatic carboxylic acids is 1. The monoisotopic (exact) mass is 411 g/mol. The van der Waals surface area contributed by atoms with Crippen molar-refractivity contribution in [1.29, 1.82) is 0 Å². The van der Waals surface area contributed by atoms with E-state index in [0.717, 1.165) is 11.3 Å². The van der Waals surface area contributed by atoms with Crippen LogP contribution in [0.3, 0.4) is 0 Å². The van der Waals surface area contributed by atoms with Crippen LogP contribution < -0.4 is 5.43 Å². The van der Waals surface area contributed by atoms with Crippen molar-refractivity contribution in [3.63, 3.8) is 0 Å². The van der Waals surface area contributed by atoms with E-state index in [9.17, 15) is 19.8 Å². The number of carboxylic acid groups (broad SMARTS) is 1. The third-order valence-electron chi connectivity index (χ3n) is 5.54. The van der Waals surface area contributed by atoms with Crippen molar-refractivity contribution < 1.29 is 19.4 Å². The fraction of sp³-hybridized carbons (Fsp3) is 0.0800. The number of fused-ring (bicyclic) bond motifs is 3. The molecule has 0 fully saturated rings. The second kappa shape index (κ2) is 6.95. The first-order chi connectivity index (χ1) is 14.9. The van der Waals surface area contributed by atoms with Crippen LogP contribution in [0.1, 0.15) is 39.6 Å². The van der Waals surface area contributed by atoms with Crippen LogP contribution in [0.4, 0.5) is 0 Å². The summed E-state index contributed by atoms with van der Waals surface area (Å²) >= 11 is 0. The molecular formula is C25H17NO5. The van der Waals surface area contributed by atoms with E-state index >= 15 is 0 Å². The molecule has 5 rings (SSSR count). The van der Waals surface area contributed by atoms with E-state index in [1.54, 1.807) is 18.3 Å². The molecule has 1 atom stereocenters. The average Bonchev–Trinajstić information content (AvgIpc) is 2.88. The lowest BCUT2D eigenvalue weighted by Crippen LogP contribution is -2.13. The zero-order valence-corrected chi connectivity index (χ0v) is 16.5. The summed E-state index contributed by atoms with van der Waals surface area (Å²) in [5.41, 5.74) is 2.94. The first kappa shape index (κ1) is 18.8. The van der Waals surface area contributed by atoms with Crippen LogP contribution in [-0.4, -0.2) is 21.2 Å². The number of aromatic hydroxyl groups is 1. The average molecular weight is 411 g/mol. The van der Waals surface area contributed by atoms with E-state index in [-0.39, 0.29) is 33.3 Å². The van der Waals surface area contributed by atoms with Gasteiger partial charge in [0.15, 0.2) is 5.43 Å². The Hall–Kier alpha value is -4.19. The van der Waals surface area contributed by atoms with Gasteiger partial charge in [0.25, 0.3) is 0 Å². The smallest absolute Gasteiger partial charge is 0.336 e. The van der Waals surface area contributed by atoms with Crippen molar-refractivity contribution in [2.24, 2.45) is 0 Å². The lowest BCUT2D eigenvalue weighted by atomic mass is 9.85. The largest absolute Gasteiger partial charge is 0.508 e. The van der Waals surface area contributed by atoms with Gasteiger partial charge < -0.3 is 14.6 Å². The Morgan fingerprint density at radius 3 is 2.68 bits per heavy atom. The number of rotatable bonds is 2. The van der Waals surface area contributed by atoms with E-state index in [1.165, 1.54) is 24.3 Å². The van der Waals surface area contributed by atoms with Crippen LogP contribution in [0.25, 0.3) is 22.6 Å². The van der Waals surface area contributed by atoms with Crippen molar-refractivity contribution in [2.45, 2.75) is 12.8 Å². The molecule has 2 aromatic heterocycles. The number of phenols is 1. The van der Waals surface area contributed by atoms with E-state index < -0.39 is 11.9 Å². The lowest BCUT2D eigenvalue weighted by Gasteiger charge is -2.20. The summed E-state index contributed by atoms with van der Waals surface area (Å²) < 4.78 is 6.20. The molecule has 1 unspecified atom stereocenters. The highest BCUT2D eigenvalue weighted by Gasteiger charge is 2.32. The first-order valence-electron chi connectivity index (χ1n) is 9.70. The Balaban J connectivity index is 1.96. The SMILES string of the molecule is Cc1cc(C2c3ccccc3C(C(=O)O)=Cc3c2oc2cc(O)ccc2c3=O)ccn1. The number of pyridine rings is 1. The number of carboxylic acids is 1. The van der Waals surface area contributed by atoms with Gasteiger partial charge in [-0.2, -0.15) is 0 Å². The highest BCUT2D eigenvalue weighted by molar-refractivity contribution is 6.21. The maximum Gasteiger partial charge on any atom is 0.336 e. The van der Waals surface area contributed by atoms with Crippen LogP contribution in [-0.2, 0) is 4.79 Å². The normalized spacial score (nSPS) is 15.0. The number of hydrogen-bond acceptors (Lipinski definition) is 5. The molecule has 0 amide bonds. The van der Waals surface area contributed by atoms with Crippen molar-refractivity contribution in [3.8, 4) is 5.75 Å². The first-order valence-corrected chi connectivity index (χ1v) is 9.70.